The van der Waals surface area contributed by atoms with Gasteiger partial charge in [-0.15, -0.1) is 0 Å². The topological polar surface area (TPSA) is 58.4 Å². The van der Waals surface area contributed by atoms with E-state index in [4.69, 9.17) is 16.1 Å². The Bertz CT molecular complexity index is 668. The van der Waals surface area contributed by atoms with Crippen LogP contribution in [0.5, 0.6) is 0 Å². The van der Waals surface area contributed by atoms with Crippen LogP contribution in [0.1, 0.15) is 17.0 Å². The summed E-state index contributed by atoms with van der Waals surface area (Å²) in [5.41, 5.74) is 2.46. The highest BCUT2D eigenvalue weighted by molar-refractivity contribution is 9.10. The van der Waals surface area contributed by atoms with Crippen LogP contribution in [0.4, 0.5) is 5.69 Å². The lowest BCUT2D eigenvalue weighted by molar-refractivity contribution is -0.117. The van der Waals surface area contributed by atoms with Crippen molar-refractivity contribution in [3.8, 4) is 0 Å². The monoisotopic (exact) mass is 385 g/mol. The summed E-state index contributed by atoms with van der Waals surface area (Å²) in [6, 6.07) is 5.33. The van der Waals surface area contributed by atoms with Crippen LogP contribution in [-0.4, -0.2) is 29.6 Å². The van der Waals surface area contributed by atoms with E-state index in [2.05, 4.69) is 26.4 Å². The molecule has 7 heteroatoms. The molecule has 0 radical (unpaired) electrons. The number of likely N-dealkylation sites (N-methyl/N-ethyl adjacent to an activating group) is 1. The van der Waals surface area contributed by atoms with Crippen LogP contribution in [0, 0.1) is 13.8 Å². The van der Waals surface area contributed by atoms with E-state index in [9.17, 15) is 4.79 Å². The molecule has 2 rings (SSSR count). The SMILES string of the molecule is Cc1noc(C)c1CN(C)CC(=O)Nc1ccc(Br)cc1Cl. The van der Waals surface area contributed by atoms with E-state index in [1.807, 2.05) is 31.9 Å². The fraction of sp³-hybridized carbons (Fsp3) is 0.333. The Morgan fingerprint density at radius 1 is 1.45 bits per heavy atom. The van der Waals surface area contributed by atoms with E-state index in [1.165, 1.54) is 0 Å². The Balaban J connectivity index is 1.94. The van der Waals surface area contributed by atoms with Crippen LogP contribution in [0.25, 0.3) is 0 Å². The lowest BCUT2D eigenvalue weighted by Crippen LogP contribution is -2.30. The highest BCUT2D eigenvalue weighted by Gasteiger charge is 2.14. The fourth-order valence-corrected chi connectivity index (χ4v) is 2.80. The van der Waals surface area contributed by atoms with Crippen molar-refractivity contribution in [2.75, 3.05) is 18.9 Å². The van der Waals surface area contributed by atoms with Crippen LogP contribution in [-0.2, 0) is 11.3 Å². The zero-order valence-corrected chi connectivity index (χ0v) is 15.0. The molecule has 22 heavy (non-hydrogen) atoms. The highest BCUT2D eigenvalue weighted by Crippen LogP contribution is 2.25. The quantitative estimate of drug-likeness (QED) is 0.849. The molecular weight excluding hydrogens is 370 g/mol. The summed E-state index contributed by atoms with van der Waals surface area (Å²) in [4.78, 5) is 14.0. The van der Waals surface area contributed by atoms with Gasteiger partial charge in [0.2, 0.25) is 5.91 Å². The predicted molar refractivity (Wildman–Crippen MR) is 90.1 cm³/mol. The molecule has 0 saturated carbocycles. The van der Waals surface area contributed by atoms with Crippen LogP contribution >= 0.6 is 27.5 Å². The van der Waals surface area contributed by atoms with E-state index >= 15 is 0 Å². The summed E-state index contributed by atoms with van der Waals surface area (Å²) in [7, 11) is 1.87. The largest absolute Gasteiger partial charge is 0.361 e. The summed E-state index contributed by atoms with van der Waals surface area (Å²) in [5, 5.41) is 7.21. The number of aromatic nitrogens is 1. The van der Waals surface area contributed by atoms with Gasteiger partial charge in [0.25, 0.3) is 0 Å². The van der Waals surface area contributed by atoms with Crippen molar-refractivity contribution in [1.82, 2.24) is 10.1 Å². The van der Waals surface area contributed by atoms with Gasteiger partial charge in [0.15, 0.2) is 0 Å². The molecule has 1 aromatic heterocycles. The van der Waals surface area contributed by atoms with Crippen molar-refractivity contribution in [3.63, 3.8) is 0 Å². The second kappa shape index (κ2) is 7.26. The van der Waals surface area contributed by atoms with E-state index in [0.29, 0.717) is 17.3 Å². The molecule has 0 atom stereocenters. The summed E-state index contributed by atoms with van der Waals surface area (Å²) in [6.07, 6.45) is 0. The Kier molecular flexibility index (Phi) is 5.61. The standard InChI is InChI=1S/C15H17BrClN3O2/c1-9-12(10(2)22-19-9)7-20(3)8-15(21)18-14-5-4-11(16)6-13(14)17/h4-6H,7-8H2,1-3H3,(H,18,21). The normalized spacial score (nSPS) is 11.0. The van der Waals surface area contributed by atoms with Gasteiger partial charge in [0.1, 0.15) is 5.76 Å². The number of carbonyl (C=O) groups is 1. The smallest absolute Gasteiger partial charge is 0.238 e. The van der Waals surface area contributed by atoms with E-state index in [-0.39, 0.29) is 12.5 Å². The van der Waals surface area contributed by atoms with Crippen molar-refractivity contribution >= 4 is 39.1 Å². The molecule has 1 aromatic carbocycles. The first-order chi connectivity index (χ1) is 10.4. The van der Waals surface area contributed by atoms with Gasteiger partial charge in [0.05, 0.1) is 22.9 Å². The number of hydrogen-bond acceptors (Lipinski definition) is 4. The summed E-state index contributed by atoms with van der Waals surface area (Å²) in [5.74, 6) is 0.652. The number of nitrogens with one attached hydrogen (secondary N) is 1. The predicted octanol–water partition coefficient (Wildman–Crippen LogP) is 3.78. The third kappa shape index (κ3) is 4.32. The molecular formula is C15H17BrClN3O2. The number of rotatable bonds is 5. The van der Waals surface area contributed by atoms with E-state index < -0.39 is 0 Å². The number of hydrogen-bond donors (Lipinski definition) is 1. The second-order valence-electron chi connectivity index (χ2n) is 5.15. The second-order valence-corrected chi connectivity index (χ2v) is 6.47. The van der Waals surface area contributed by atoms with Gasteiger partial charge < -0.3 is 9.84 Å². The zero-order valence-electron chi connectivity index (χ0n) is 12.6. The number of aryl methyl sites for hydroxylation is 2. The lowest BCUT2D eigenvalue weighted by atomic mass is 10.2. The molecule has 0 unspecified atom stereocenters. The lowest BCUT2D eigenvalue weighted by Gasteiger charge is -2.16. The summed E-state index contributed by atoms with van der Waals surface area (Å²) < 4.78 is 5.99. The van der Waals surface area contributed by atoms with E-state index in [1.54, 1.807) is 12.1 Å². The molecule has 0 spiro atoms. The fourth-order valence-electron chi connectivity index (χ4n) is 2.08. The van der Waals surface area contributed by atoms with Gasteiger partial charge in [-0.2, -0.15) is 0 Å². The van der Waals surface area contributed by atoms with Crippen molar-refractivity contribution in [3.05, 3.63) is 44.7 Å². The van der Waals surface area contributed by atoms with E-state index in [0.717, 1.165) is 21.5 Å². The third-order valence-corrected chi connectivity index (χ3v) is 4.03. The highest BCUT2D eigenvalue weighted by atomic mass is 79.9. The molecule has 0 aliphatic carbocycles. The number of carbonyl (C=O) groups excluding carboxylic acids is 1. The summed E-state index contributed by atoms with van der Waals surface area (Å²) in [6.45, 7) is 4.60. The molecule has 0 bridgehead atoms. The average molecular weight is 387 g/mol. The molecule has 1 N–H and O–H groups in total. The number of benzene rings is 1. The number of halogens is 2. The van der Waals surface area contributed by atoms with Gasteiger partial charge in [-0.1, -0.05) is 32.7 Å². The van der Waals surface area contributed by atoms with Crippen molar-refractivity contribution < 1.29 is 9.32 Å². The minimum atomic E-state index is -0.126. The minimum absolute atomic E-state index is 0.126. The molecule has 1 heterocycles. The third-order valence-electron chi connectivity index (χ3n) is 3.23. The number of nitrogens with zero attached hydrogens (tertiary/aromatic N) is 2. The Hall–Kier alpha value is -1.37. The molecule has 0 saturated heterocycles. The first-order valence-corrected chi connectivity index (χ1v) is 7.89. The number of anilines is 1. The maximum atomic E-state index is 12.1. The van der Waals surface area contributed by atoms with Gasteiger partial charge in [0, 0.05) is 16.6 Å². The Morgan fingerprint density at radius 2 is 2.18 bits per heavy atom. The maximum Gasteiger partial charge on any atom is 0.238 e. The zero-order chi connectivity index (χ0) is 16.3. The van der Waals surface area contributed by atoms with Gasteiger partial charge in [-0.05, 0) is 39.1 Å². The van der Waals surface area contributed by atoms with Crippen molar-refractivity contribution in [2.45, 2.75) is 20.4 Å². The molecule has 0 fully saturated rings. The minimum Gasteiger partial charge on any atom is -0.361 e. The molecule has 2 aromatic rings. The maximum absolute atomic E-state index is 12.1. The van der Waals surface area contributed by atoms with Crippen LogP contribution < -0.4 is 5.32 Å². The molecule has 118 valence electrons. The molecule has 0 aliphatic heterocycles. The first-order valence-electron chi connectivity index (χ1n) is 6.72. The van der Waals surface area contributed by atoms with Gasteiger partial charge in [-0.3, -0.25) is 9.69 Å². The Labute approximate surface area is 142 Å². The van der Waals surface area contributed by atoms with Crippen LogP contribution in [0.15, 0.2) is 27.2 Å². The first kappa shape index (κ1) is 17.0. The Morgan fingerprint density at radius 3 is 2.77 bits per heavy atom. The molecule has 1 amide bonds. The van der Waals surface area contributed by atoms with Crippen molar-refractivity contribution in [2.24, 2.45) is 0 Å². The van der Waals surface area contributed by atoms with Crippen LogP contribution in [0.3, 0.4) is 0 Å². The van der Waals surface area contributed by atoms with Crippen molar-refractivity contribution in [1.29, 1.82) is 0 Å². The van der Waals surface area contributed by atoms with Gasteiger partial charge in [-0.25, -0.2) is 0 Å². The van der Waals surface area contributed by atoms with Crippen LogP contribution in [0.2, 0.25) is 5.02 Å². The van der Waals surface area contributed by atoms with Gasteiger partial charge >= 0.3 is 0 Å². The molecule has 0 aliphatic rings. The average Bonchev–Trinajstić information content (AvgIpc) is 2.73. The number of amides is 1. The molecule has 5 nitrogen and oxygen atoms in total. The summed E-state index contributed by atoms with van der Waals surface area (Å²) >= 11 is 9.42.